The number of aliphatic hydroxyl groups excluding tert-OH is 1. The number of benzene rings is 5. The van der Waals surface area contributed by atoms with Crippen molar-refractivity contribution in [3.8, 4) is 11.5 Å². The van der Waals surface area contributed by atoms with Crippen molar-refractivity contribution in [1.29, 1.82) is 0 Å². The summed E-state index contributed by atoms with van der Waals surface area (Å²) in [5.41, 5.74) is 4.50. The van der Waals surface area contributed by atoms with Gasteiger partial charge in [0.25, 0.3) is 5.91 Å². The van der Waals surface area contributed by atoms with Crippen molar-refractivity contribution in [1.82, 2.24) is 20.5 Å². The third-order valence-electron chi connectivity index (χ3n) is 9.09. The molecule has 0 aliphatic carbocycles. The quantitative estimate of drug-likeness (QED) is 0.0614. The molecule has 0 spiro atoms. The average Bonchev–Trinajstić information content (AvgIpc) is 3.19. The first-order chi connectivity index (χ1) is 26.2. The van der Waals surface area contributed by atoms with Gasteiger partial charge in [0, 0.05) is 36.7 Å². The molecule has 1 unspecified atom stereocenters. The number of aromatic amines is 1. The molecule has 6 rings (SSSR count). The van der Waals surface area contributed by atoms with Gasteiger partial charge in [0.2, 0.25) is 5.56 Å². The number of nitrogens with one attached hydrogen (secondary N) is 3. The Morgan fingerprint density at radius 2 is 1.52 bits per heavy atom. The average molecular weight is 727 g/mol. The zero-order valence-electron chi connectivity index (χ0n) is 29.5. The summed E-state index contributed by atoms with van der Waals surface area (Å²) >= 11 is 0. The van der Waals surface area contributed by atoms with Gasteiger partial charge >= 0.3 is 6.09 Å². The maximum atomic E-state index is 13.8. The highest BCUT2D eigenvalue weighted by atomic mass is 16.5. The number of phenolic OH excluding ortho intramolecular Hbond substituents is 1. The van der Waals surface area contributed by atoms with Gasteiger partial charge in [0.15, 0.2) is 0 Å². The minimum Gasteiger partial charge on any atom is -0.506 e. The van der Waals surface area contributed by atoms with Crippen molar-refractivity contribution >= 4 is 22.9 Å². The summed E-state index contributed by atoms with van der Waals surface area (Å²) < 4.78 is 6.08. The number of fused-ring (bicyclic) bond motifs is 1. The van der Waals surface area contributed by atoms with Gasteiger partial charge in [-0.15, -0.1) is 0 Å². The second-order valence-corrected chi connectivity index (χ2v) is 12.9. The van der Waals surface area contributed by atoms with E-state index in [2.05, 4.69) is 15.6 Å². The van der Waals surface area contributed by atoms with Crippen molar-refractivity contribution in [2.75, 3.05) is 19.6 Å². The molecular formula is C43H42N4O7. The molecule has 0 aliphatic heterocycles. The van der Waals surface area contributed by atoms with Crippen molar-refractivity contribution in [3.05, 3.63) is 177 Å². The number of amides is 2. The number of phenols is 1. The van der Waals surface area contributed by atoms with Crippen LogP contribution in [-0.2, 0) is 13.2 Å². The summed E-state index contributed by atoms with van der Waals surface area (Å²) in [7, 11) is 0. The predicted octanol–water partition coefficient (Wildman–Crippen LogP) is 6.53. The zero-order chi connectivity index (χ0) is 37.9. The van der Waals surface area contributed by atoms with E-state index in [1.165, 1.54) is 12.1 Å². The summed E-state index contributed by atoms with van der Waals surface area (Å²) in [5.74, 6) is 0.412. The van der Waals surface area contributed by atoms with E-state index in [9.17, 15) is 29.7 Å². The number of aliphatic hydroxyl groups is 1. The van der Waals surface area contributed by atoms with Gasteiger partial charge in [-0.25, -0.2) is 4.79 Å². The Labute approximate surface area is 312 Å². The molecule has 1 aromatic heterocycles. The number of hydrogen-bond acceptors (Lipinski definition) is 7. The molecule has 2 amide bonds. The molecule has 11 heteroatoms. The molecule has 11 nitrogen and oxygen atoms in total. The number of rotatable bonds is 16. The molecule has 0 bridgehead atoms. The van der Waals surface area contributed by atoms with Gasteiger partial charge in [-0.1, -0.05) is 91.0 Å². The summed E-state index contributed by atoms with van der Waals surface area (Å²) in [4.78, 5) is 41.6. The first kappa shape index (κ1) is 37.3. The van der Waals surface area contributed by atoms with Crippen LogP contribution in [0.25, 0.3) is 10.9 Å². The second-order valence-electron chi connectivity index (χ2n) is 12.9. The number of aromatic nitrogens is 1. The van der Waals surface area contributed by atoms with Crippen LogP contribution >= 0.6 is 0 Å². The van der Waals surface area contributed by atoms with E-state index in [1.54, 1.807) is 24.3 Å². The molecule has 0 saturated carbocycles. The van der Waals surface area contributed by atoms with Crippen LogP contribution in [0.4, 0.5) is 4.79 Å². The Morgan fingerprint density at radius 3 is 2.26 bits per heavy atom. The van der Waals surface area contributed by atoms with Crippen molar-refractivity contribution in [2.24, 2.45) is 0 Å². The van der Waals surface area contributed by atoms with Gasteiger partial charge in [-0.2, -0.15) is 0 Å². The van der Waals surface area contributed by atoms with Crippen LogP contribution in [0.3, 0.4) is 0 Å². The van der Waals surface area contributed by atoms with Crippen LogP contribution in [0.1, 0.15) is 56.7 Å². The summed E-state index contributed by atoms with van der Waals surface area (Å²) in [5, 5.41) is 37.0. The molecule has 6 N–H and O–H groups in total. The van der Waals surface area contributed by atoms with Crippen LogP contribution in [0.5, 0.6) is 11.5 Å². The van der Waals surface area contributed by atoms with Gasteiger partial charge in [0.1, 0.15) is 18.1 Å². The van der Waals surface area contributed by atoms with E-state index in [0.717, 1.165) is 22.3 Å². The molecule has 6 aromatic rings. The fourth-order valence-corrected chi connectivity index (χ4v) is 6.35. The largest absolute Gasteiger partial charge is 0.506 e. The smallest absolute Gasteiger partial charge is 0.405 e. The number of carbonyl (C=O) groups excluding carboxylic acids is 1. The van der Waals surface area contributed by atoms with Gasteiger partial charge < -0.3 is 40.6 Å². The maximum absolute atomic E-state index is 13.8. The molecule has 5 aromatic carbocycles. The van der Waals surface area contributed by atoms with Crippen LogP contribution in [0.15, 0.2) is 138 Å². The third kappa shape index (κ3) is 9.71. The zero-order valence-corrected chi connectivity index (χ0v) is 29.5. The molecule has 1 heterocycles. The fraction of sp³-hybridized carbons (Fsp3) is 0.186. The molecule has 0 radical (unpaired) electrons. The lowest BCUT2D eigenvalue weighted by atomic mass is 9.98. The Bertz CT molecular complexity index is 2230. The highest BCUT2D eigenvalue weighted by Crippen LogP contribution is 2.29. The third-order valence-corrected chi connectivity index (χ3v) is 9.09. The van der Waals surface area contributed by atoms with E-state index in [-0.39, 0.29) is 35.9 Å². The number of carboxylic acid groups (broad SMARTS) is 1. The number of carbonyl (C=O) groups is 2. The first-order valence-corrected chi connectivity index (χ1v) is 17.7. The van der Waals surface area contributed by atoms with Gasteiger partial charge in [-0.3, -0.25) is 9.59 Å². The lowest BCUT2D eigenvalue weighted by Gasteiger charge is -2.23. The molecule has 0 saturated heterocycles. The maximum Gasteiger partial charge on any atom is 0.405 e. The summed E-state index contributed by atoms with van der Waals surface area (Å²) in [6.45, 7) is 1.94. The number of hydrogen-bond donors (Lipinski definition) is 6. The topological polar surface area (TPSA) is 164 Å². The lowest BCUT2D eigenvalue weighted by molar-refractivity contribution is 0.0740. The van der Waals surface area contributed by atoms with Crippen LogP contribution in [-0.4, -0.2) is 56.8 Å². The SMILES string of the molecule is O=C(O)N[C@@H](c1ccccc1)c1cccc(OCc2ccc(C(=O)N(CCCNCC(O)c3ccc(O)c4[nH]c(=O)ccc34)Cc3ccccc3)cc2)c1. The Balaban J connectivity index is 1.05. The number of H-pyrrole nitrogens is 1. The Hall–Kier alpha value is -6.43. The normalized spacial score (nSPS) is 12.2. The fourth-order valence-electron chi connectivity index (χ4n) is 6.35. The summed E-state index contributed by atoms with van der Waals surface area (Å²) in [6, 6.07) is 39.2. The Kier molecular flexibility index (Phi) is 12.4. The van der Waals surface area contributed by atoms with E-state index < -0.39 is 18.2 Å². The van der Waals surface area contributed by atoms with Gasteiger partial charge in [-0.05, 0) is 77.2 Å². The molecule has 276 valence electrons. The minimum absolute atomic E-state index is 0.0647. The van der Waals surface area contributed by atoms with E-state index in [1.807, 2.05) is 102 Å². The standard InChI is InChI=1S/C43H42N4O7/c48-37-21-19-35(36-20-22-39(50)45-41(36)37)38(49)26-44-23-8-24-47(27-29-9-3-1-4-10-29)42(51)32-17-15-30(16-18-32)28-54-34-14-7-13-33(25-34)40(46-43(52)53)31-11-5-2-6-12-31/h1-7,9-22,25,38,40,44,46,48-49H,8,23-24,26-28H2,(H,45,50)(H,52,53)/t38?,40-/m0/s1. The monoisotopic (exact) mass is 726 g/mol. The van der Waals surface area contributed by atoms with Crippen LogP contribution < -0.4 is 20.9 Å². The minimum atomic E-state index is -1.12. The molecule has 0 aliphatic rings. The van der Waals surface area contributed by atoms with E-state index in [4.69, 9.17) is 4.74 Å². The molecular weight excluding hydrogens is 684 g/mol. The predicted molar refractivity (Wildman–Crippen MR) is 207 cm³/mol. The van der Waals surface area contributed by atoms with E-state index >= 15 is 0 Å². The van der Waals surface area contributed by atoms with E-state index in [0.29, 0.717) is 48.3 Å². The Morgan fingerprint density at radius 1 is 0.796 bits per heavy atom. The highest BCUT2D eigenvalue weighted by Gasteiger charge is 2.19. The number of pyridine rings is 1. The van der Waals surface area contributed by atoms with Crippen molar-refractivity contribution in [3.63, 3.8) is 0 Å². The summed E-state index contributed by atoms with van der Waals surface area (Å²) in [6.07, 6.45) is -1.37. The van der Waals surface area contributed by atoms with Crippen LogP contribution in [0, 0.1) is 0 Å². The molecule has 0 fully saturated rings. The first-order valence-electron chi connectivity index (χ1n) is 17.7. The van der Waals surface area contributed by atoms with Gasteiger partial charge in [0.05, 0.1) is 17.7 Å². The highest BCUT2D eigenvalue weighted by molar-refractivity contribution is 5.94. The molecule has 54 heavy (non-hydrogen) atoms. The number of ether oxygens (including phenoxy) is 1. The second kappa shape index (κ2) is 17.9. The molecule has 2 atom stereocenters. The van der Waals surface area contributed by atoms with Crippen molar-refractivity contribution < 1.29 is 29.6 Å². The number of nitrogens with zero attached hydrogens (tertiary/aromatic N) is 1. The van der Waals surface area contributed by atoms with Crippen LogP contribution in [0.2, 0.25) is 0 Å². The number of aromatic hydroxyl groups is 1. The lowest BCUT2D eigenvalue weighted by Crippen LogP contribution is -2.33. The van der Waals surface area contributed by atoms with Crippen molar-refractivity contribution in [2.45, 2.75) is 31.7 Å².